The van der Waals surface area contributed by atoms with E-state index in [1.807, 2.05) is 11.8 Å². The smallest absolute Gasteiger partial charge is 0.157 e. The first-order valence-electron chi connectivity index (χ1n) is 6.03. The molecule has 2 atom stereocenters. The van der Waals surface area contributed by atoms with Crippen LogP contribution in [0.25, 0.3) is 0 Å². The van der Waals surface area contributed by atoms with Gasteiger partial charge in [0, 0.05) is 30.4 Å². The Kier molecular flexibility index (Phi) is 2.64. The van der Waals surface area contributed by atoms with Crippen molar-refractivity contribution in [1.29, 1.82) is 0 Å². The van der Waals surface area contributed by atoms with E-state index in [9.17, 15) is 0 Å². The molecule has 1 saturated carbocycles. The fraction of sp³-hybridized carbons (Fsp3) is 0.909. The van der Waals surface area contributed by atoms with E-state index in [-0.39, 0.29) is 0 Å². The molecule has 4 heteroatoms. The largest absolute Gasteiger partial charge is 0.361 e. The molecule has 2 aliphatic heterocycles. The van der Waals surface area contributed by atoms with Gasteiger partial charge in [0.05, 0.1) is 6.54 Å². The van der Waals surface area contributed by atoms with E-state index in [1.165, 1.54) is 37.5 Å². The van der Waals surface area contributed by atoms with Crippen LogP contribution in [0.2, 0.25) is 0 Å². The summed E-state index contributed by atoms with van der Waals surface area (Å²) in [6.07, 6.45) is 4.16. The zero-order valence-corrected chi connectivity index (χ0v) is 10.1. The number of nitrogens with one attached hydrogen (secondary N) is 1. The van der Waals surface area contributed by atoms with Crippen LogP contribution >= 0.6 is 11.8 Å². The molecule has 3 aliphatic rings. The van der Waals surface area contributed by atoms with E-state index in [0.717, 1.165) is 12.6 Å². The summed E-state index contributed by atoms with van der Waals surface area (Å²) in [5.41, 5.74) is 0. The van der Waals surface area contributed by atoms with E-state index in [1.54, 1.807) is 0 Å². The van der Waals surface area contributed by atoms with E-state index in [4.69, 9.17) is 0 Å². The summed E-state index contributed by atoms with van der Waals surface area (Å²) in [6, 6.07) is 1.58. The molecule has 3 nitrogen and oxygen atoms in total. The quantitative estimate of drug-likeness (QED) is 0.768. The van der Waals surface area contributed by atoms with Crippen molar-refractivity contribution in [2.45, 2.75) is 43.5 Å². The van der Waals surface area contributed by atoms with Crippen LogP contribution in [0.15, 0.2) is 4.99 Å². The van der Waals surface area contributed by atoms with Crippen LogP contribution in [0.5, 0.6) is 0 Å². The second kappa shape index (κ2) is 3.98. The van der Waals surface area contributed by atoms with Gasteiger partial charge in [-0.25, -0.2) is 0 Å². The van der Waals surface area contributed by atoms with Gasteiger partial charge in [0.15, 0.2) is 5.17 Å². The molecule has 0 radical (unpaired) electrons. The Morgan fingerprint density at radius 1 is 1.40 bits per heavy atom. The molecular weight excluding hydrogens is 206 g/mol. The topological polar surface area (TPSA) is 27.6 Å². The minimum absolute atomic E-state index is 0.655. The molecule has 2 heterocycles. The summed E-state index contributed by atoms with van der Waals surface area (Å²) in [5.74, 6) is 0. The third-order valence-corrected chi connectivity index (χ3v) is 4.44. The fourth-order valence-corrected chi connectivity index (χ4v) is 3.32. The minimum Gasteiger partial charge on any atom is -0.361 e. The highest BCUT2D eigenvalue weighted by molar-refractivity contribution is 8.14. The monoisotopic (exact) mass is 225 g/mol. The molecule has 0 aromatic carbocycles. The van der Waals surface area contributed by atoms with Crippen molar-refractivity contribution in [3.05, 3.63) is 0 Å². The Morgan fingerprint density at radius 2 is 2.27 bits per heavy atom. The standard InChI is InChI=1S/C11H19N3S/c1-8-6-12-11(15-8)13-9-4-5-14(7-9)10-2-3-10/h8-10H,2-7H2,1H3,(H,12,13). The Balaban J connectivity index is 1.48. The van der Waals surface area contributed by atoms with Crippen LogP contribution in [-0.4, -0.2) is 47.0 Å². The average molecular weight is 225 g/mol. The second-order valence-corrected chi connectivity index (χ2v) is 6.36. The summed E-state index contributed by atoms with van der Waals surface area (Å²) in [5, 5.41) is 5.45. The van der Waals surface area contributed by atoms with Crippen molar-refractivity contribution in [2.24, 2.45) is 4.99 Å². The molecule has 0 amide bonds. The molecule has 0 bridgehead atoms. The first kappa shape index (κ1) is 9.97. The van der Waals surface area contributed by atoms with Crippen molar-refractivity contribution in [1.82, 2.24) is 10.2 Å². The summed E-state index contributed by atoms with van der Waals surface area (Å²) in [6.45, 7) is 5.76. The molecule has 15 heavy (non-hydrogen) atoms. The SMILES string of the molecule is CC1CN=C(NC2CCN(C3CC3)C2)S1. The van der Waals surface area contributed by atoms with Gasteiger partial charge >= 0.3 is 0 Å². The molecule has 3 rings (SSSR count). The lowest BCUT2D eigenvalue weighted by molar-refractivity contribution is 0.322. The van der Waals surface area contributed by atoms with E-state index in [2.05, 4.69) is 22.1 Å². The van der Waals surface area contributed by atoms with Crippen molar-refractivity contribution in [3.8, 4) is 0 Å². The van der Waals surface area contributed by atoms with Gasteiger partial charge in [0.25, 0.3) is 0 Å². The lowest BCUT2D eigenvalue weighted by Gasteiger charge is -2.16. The summed E-state index contributed by atoms with van der Waals surface area (Å²) in [7, 11) is 0. The number of rotatable bonds is 2. The lowest BCUT2D eigenvalue weighted by atomic mass is 10.3. The van der Waals surface area contributed by atoms with Gasteiger partial charge in [-0.15, -0.1) is 0 Å². The Morgan fingerprint density at radius 3 is 2.93 bits per heavy atom. The van der Waals surface area contributed by atoms with Gasteiger partial charge in [-0.2, -0.15) is 0 Å². The van der Waals surface area contributed by atoms with Gasteiger partial charge < -0.3 is 5.32 Å². The van der Waals surface area contributed by atoms with Crippen molar-refractivity contribution < 1.29 is 0 Å². The molecule has 0 aromatic heterocycles. The Labute approximate surface area is 95.7 Å². The van der Waals surface area contributed by atoms with Crippen LogP contribution < -0.4 is 5.32 Å². The fourth-order valence-electron chi connectivity index (χ4n) is 2.41. The second-order valence-electron chi connectivity index (χ2n) is 4.93. The van der Waals surface area contributed by atoms with Crippen LogP contribution in [0, 0.1) is 0 Å². The van der Waals surface area contributed by atoms with E-state index in [0.29, 0.717) is 11.3 Å². The molecule has 2 unspecified atom stereocenters. The van der Waals surface area contributed by atoms with Crippen molar-refractivity contribution >= 4 is 16.9 Å². The van der Waals surface area contributed by atoms with E-state index < -0.39 is 0 Å². The third kappa shape index (κ3) is 2.31. The number of aliphatic imine (C=N–C) groups is 1. The zero-order valence-electron chi connectivity index (χ0n) is 9.28. The molecule has 0 aromatic rings. The average Bonchev–Trinajstić information content (AvgIpc) is 2.84. The number of thioether (sulfide) groups is 1. The van der Waals surface area contributed by atoms with Gasteiger partial charge in [0.1, 0.15) is 0 Å². The van der Waals surface area contributed by atoms with Crippen LogP contribution in [-0.2, 0) is 0 Å². The number of hydrogen-bond acceptors (Lipinski definition) is 4. The van der Waals surface area contributed by atoms with Crippen molar-refractivity contribution in [3.63, 3.8) is 0 Å². The Bertz CT molecular complexity index is 275. The highest BCUT2D eigenvalue weighted by Gasteiger charge is 2.34. The Hall–Kier alpha value is -0.220. The predicted molar refractivity (Wildman–Crippen MR) is 65.5 cm³/mol. The summed E-state index contributed by atoms with van der Waals surface area (Å²) >= 11 is 1.90. The number of hydrogen-bond donors (Lipinski definition) is 1. The molecule has 1 aliphatic carbocycles. The van der Waals surface area contributed by atoms with Gasteiger partial charge in [-0.1, -0.05) is 18.7 Å². The van der Waals surface area contributed by atoms with Gasteiger partial charge in [-0.3, -0.25) is 9.89 Å². The first-order chi connectivity index (χ1) is 7.31. The molecule has 0 spiro atoms. The minimum atomic E-state index is 0.655. The predicted octanol–water partition coefficient (Wildman–Crippen LogP) is 1.30. The highest BCUT2D eigenvalue weighted by Crippen LogP contribution is 2.30. The van der Waals surface area contributed by atoms with Crippen LogP contribution in [0.1, 0.15) is 26.2 Å². The normalized spacial score (nSPS) is 37.0. The van der Waals surface area contributed by atoms with Gasteiger partial charge in [-0.05, 0) is 19.3 Å². The van der Waals surface area contributed by atoms with Crippen LogP contribution in [0.3, 0.4) is 0 Å². The maximum Gasteiger partial charge on any atom is 0.157 e. The number of nitrogens with zero attached hydrogens (tertiary/aromatic N) is 2. The maximum atomic E-state index is 4.52. The van der Waals surface area contributed by atoms with Crippen LogP contribution in [0.4, 0.5) is 0 Å². The van der Waals surface area contributed by atoms with Crippen molar-refractivity contribution in [2.75, 3.05) is 19.6 Å². The molecule has 2 fully saturated rings. The van der Waals surface area contributed by atoms with E-state index >= 15 is 0 Å². The summed E-state index contributed by atoms with van der Waals surface area (Å²) < 4.78 is 0. The maximum absolute atomic E-state index is 4.52. The lowest BCUT2D eigenvalue weighted by Crippen LogP contribution is -2.35. The first-order valence-corrected chi connectivity index (χ1v) is 6.91. The third-order valence-electron chi connectivity index (χ3n) is 3.42. The van der Waals surface area contributed by atoms with Gasteiger partial charge in [0.2, 0.25) is 0 Å². The molecule has 84 valence electrons. The molecule has 1 N–H and O–H groups in total. The summed E-state index contributed by atoms with van der Waals surface area (Å²) in [4.78, 5) is 7.16. The highest BCUT2D eigenvalue weighted by atomic mass is 32.2. The molecular formula is C11H19N3S. The number of likely N-dealkylation sites (tertiary alicyclic amines) is 1. The molecule has 1 saturated heterocycles. The zero-order chi connectivity index (χ0) is 10.3. The number of amidine groups is 1.